The lowest BCUT2D eigenvalue weighted by Crippen LogP contribution is -2.47. The van der Waals surface area contributed by atoms with Crippen molar-refractivity contribution in [2.45, 2.75) is 18.8 Å². The molecule has 2 aliphatic rings. The van der Waals surface area contributed by atoms with Crippen LogP contribution in [-0.4, -0.2) is 87.1 Å². The largest absolute Gasteiger partial charge is 0.486 e. The van der Waals surface area contributed by atoms with E-state index in [-0.39, 0.29) is 17.4 Å². The first kappa shape index (κ1) is 25.9. The predicted molar refractivity (Wildman–Crippen MR) is 150 cm³/mol. The first-order valence-electron chi connectivity index (χ1n) is 13.3. The maximum atomic E-state index is 14.9. The number of alkyl halides is 1. The van der Waals surface area contributed by atoms with Crippen molar-refractivity contribution >= 4 is 39.0 Å². The van der Waals surface area contributed by atoms with E-state index in [9.17, 15) is 13.6 Å². The molecule has 0 radical (unpaired) electrons. The summed E-state index contributed by atoms with van der Waals surface area (Å²) in [4.78, 5) is 26.0. The van der Waals surface area contributed by atoms with Crippen LogP contribution in [0.25, 0.3) is 27.6 Å². The van der Waals surface area contributed by atoms with Crippen molar-refractivity contribution in [3.63, 3.8) is 0 Å². The summed E-state index contributed by atoms with van der Waals surface area (Å²) in [6.07, 6.45) is -0.178. The summed E-state index contributed by atoms with van der Waals surface area (Å²) in [6, 6.07) is 8.19. The number of hydrogen-bond acceptors (Lipinski definition) is 11. The molecule has 12 nitrogen and oxygen atoms in total. The van der Waals surface area contributed by atoms with Crippen molar-refractivity contribution in [3.8, 4) is 17.3 Å². The van der Waals surface area contributed by atoms with Gasteiger partial charge in [0.15, 0.2) is 23.2 Å². The Kier molecular flexibility index (Phi) is 6.55. The number of benzene rings is 1. The second-order valence-electron chi connectivity index (χ2n) is 10.1. The molecule has 0 aliphatic carbocycles. The average Bonchev–Trinajstić information content (AvgIpc) is 3.76. The van der Waals surface area contributed by atoms with E-state index >= 15 is 0 Å². The lowest BCUT2D eigenvalue weighted by atomic mass is 10.2. The quantitative estimate of drug-likeness (QED) is 0.293. The lowest BCUT2D eigenvalue weighted by Gasteiger charge is -2.36. The molecule has 2 fully saturated rings. The predicted octanol–water partition coefficient (Wildman–Crippen LogP) is 1.99. The van der Waals surface area contributed by atoms with E-state index in [0.29, 0.717) is 84.8 Å². The number of nitrogens with one attached hydrogen (secondary N) is 1. The number of aromatic nitrogens is 5. The third-order valence-corrected chi connectivity index (χ3v) is 8.47. The van der Waals surface area contributed by atoms with Crippen LogP contribution in [0.3, 0.4) is 0 Å². The van der Waals surface area contributed by atoms with Crippen molar-refractivity contribution in [3.05, 3.63) is 52.1 Å². The number of piperazine rings is 1. The van der Waals surface area contributed by atoms with E-state index in [2.05, 4.69) is 25.3 Å². The molecule has 0 spiro atoms. The molecule has 15 heteroatoms. The van der Waals surface area contributed by atoms with Gasteiger partial charge >= 0.3 is 4.87 Å². The number of thiazole rings is 1. The highest BCUT2D eigenvalue weighted by Gasteiger charge is 2.29. The Morgan fingerprint density at radius 1 is 1.12 bits per heavy atom. The molecule has 3 N–H and O–H groups in total. The van der Waals surface area contributed by atoms with Crippen LogP contribution in [-0.2, 0) is 6.54 Å². The van der Waals surface area contributed by atoms with Gasteiger partial charge in [-0.1, -0.05) is 11.3 Å². The number of nitrogens with two attached hydrogens (primary N) is 1. The van der Waals surface area contributed by atoms with Crippen LogP contribution in [0.4, 0.5) is 20.4 Å². The molecule has 2 aliphatic heterocycles. The van der Waals surface area contributed by atoms with E-state index in [1.54, 1.807) is 28.8 Å². The molecule has 0 unspecified atom stereocenters. The third-order valence-electron chi connectivity index (χ3n) is 7.51. The first-order valence-corrected chi connectivity index (χ1v) is 14.1. The molecule has 0 bridgehead atoms. The van der Waals surface area contributed by atoms with Gasteiger partial charge in [-0.3, -0.25) is 14.3 Å². The minimum Gasteiger partial charge on any atom is -0.486 e. The number of hydrogen-bond donors (Lipinski definition) is 2. The Morgan fingerprint density at radius 3 is 2.71 bits per heavy atom. The number of anilines is 2. The fourth-order valence-electron chi connectivity index (χ4n) is 5.32. The second-order valence-corrected chi connectivity index (χ2v) is 11.0. The number of rotatable bonds is 7. The highest BCUT2D eigenvalue weighted by atomic mass is 32.1. The maximum absolute atomic E-state index is 14.9. The van der Waals surface area contributed by atoms with Gasteiger partial charge in [-0.15, -0.1) is 5.10 Å². The summed E-state index contributed by atoms with van der Waals surface area (Å²) in [5, 5.41) is 7.31. The maximum Gasteiger partial charge on any atom is 0.309 e. The molecule has 2 atom stereocenters. The highest BCUT2D eigenvalue weighted by Crippen LogP contribution is 2.28. The molecule has 1 aromatic carbocycles. The highest BCUT2D eigenvalue weighted by molar-refractivity contribution is 7.17. The van der Waals surface area contributed by atoms with Gasteiger partial charge < -0.3 is 25.1 Å². The molecule has 4 aromatic heterocycles. The van der Waals surface area contributed by atoms with Crippen LogP contribution in [0, 0.1) is 5.82 Å². The fourth-order valence-corrected chi connectivity index (χ4v) is 6.25. The fraction of sp³-hybridized carbons (Fsp3) is 0.385. The molecule has 6 heterocycles. The molecule has 0 saturated carbocycles. The van der Waals surface area contributed by atoms with Crippen LogP contribution >= 0.6 is 11.3 Å². The molecular weight excluding hydrogens is 556 g/mol. The van der Waals surface area contributed by atoms with Gasteiger partial charge in [0, 0.05) is 58.4 Å². The number of halogens is 2. The van der Waals surface area contributed by atoms with Crippen LogP contribution in [0.5, 0.6) is 5.75 Å². The minimum absolute atomic E-state index is 0.126. The second kappa shape index (κ2) is 10.4. The van der Waals surface area contributed by atoms with Gasteiger partial charge in [0.25, 0.3) is 0 Å². The number of nitrogen functional groups attached to an aromatic ring is 1. The first-order chi connectivity index (χ1) is 19.9. The van der Waals surface area contributed by atoms with Crippen molar-refractivity contribution in [1.82, 2.24) is 34.4 Å². The van der Waals surface area contributed by atoms with Gasteiger partial charge in [-0.25, -0.2) is 13.8 Å². The van der Waals surface area contributed by atoms with Crippen molar-refractivity contribution in [2.75, 3.05) is 56.4 Å². The van der Waals surface area contributed by atoms with Crippen LogP contribution < -0.4 is 25.6 Å². The van der Waals surface area contributed by atoms with Crippen LogP contribution in [0.1, 0.15) is 0 Å². The molecule has 41 heavy (non-hydrogen) atoms. The van der Waals surface area contributed by atoms with Gasteiger partial charge in [0.1, 0.15) is 22.4 Å². The summed E-state index contributed by atoms with van der Waals surface area (Å²) in [5.74, 6) is 0.907. The number of nitrogens with zero attached hydrogens (tertiary/aromatic N) is 7. The zero-order valence-electron chi connectivity index (χ0n) is 21.9. The van der Waals surface area contributed by atoms with Gasteiger partial charge in [-0.05, 0) is 24.3 Å². The van der Waals surface area contributed by atoms with Crippen molar-refractivity contribution in [2.24, 2.45) is 0 Å². The van der Waals surface area contributed by atoms with E-state index in [1.165, 1.54) is 16.8 Å². The number of ether oxygens (including phenoxy) is 1. The molecular formula is C26H27F2N9O3S. The van der Waals surface area contributed by atoms with E-state index < -0.39 is 18.1 Å². The van der Waals surface area contributed by atoms with E-state index in [1.807, 2.05) is 4.90 Å². The van der Waals surface area contributed by atoms with Gasteiger partial charge in [0.05, 0.1) is 12.0 Å². The normalized spacial score (nSPS) is 20.0. The molecule has 5 aromatic rings. The average molecular weight is 584 g/mol. The Hall–Kier alpha value is -4.08. The molecule has 2 saturated heterocycles. The Bertz CT molecular complexity index is 1760. The zero-order chi connectivity index (χ0) is 28.1. The number of fused-ring (bicyclic) bond motifs is 3. The third kappa shape index (κ3) is 4.79. The monoisotopic (exact) mass is 583 g/mol. The molecule has 214 valence electrons. The van der Waals surface area contributed by atoms with Crippen molar-refractivity contribution < 1.29 is 17.9 Å². The summed E-state index contributed by atoms with van der Waals surface area (Å²) in [6.45, 7) is 4.33. The lowest BCUT2D eigenvalue weighted by molar-refractivity contribution is 0.139. The molecule has 0 amide bonds. The van der Waals surface area contributed by atoms with Crippen LogP contribution in [0.15, 0.2) is 45.8 Å². The summed E-state index contributed by atoms with van der Waals surface area (Å²) in [5.41, 5.74) is 7.60. The van der Waals surface area contributed by atoms with E-state index in [4.69, 9.17) is 14.9 Å². The molecule has 7 rings (SSSR count). The van der Waals surface area contributed by atoms with Gasteiger partial charge in [-0.2, -0.15) is 9.50 Å². The zero-order valence-corrected chi connectivity index (χ0v) is 22.7. The van der Waals surface area contributed by atoms with Crippen molar-refractivity contribution in [1.29, 1.82) is 0 Å². The Labute approximate surface area is 235 Å². The number of furan rings is 1. The van der Waals surface area contributed by atoms with Gasteiger partial charge in [0.2, 0.25) is 11.8 Å². The summed E-state index contributed by atoms with van der Waals surface area (Å²) < 4.78 is 43.4. The minimum atomic E-state index is -1.11. The summed E-state index contributed by atoms with van der Waals surface area (Å²) in [7, 11) is 0. The van der Waals surface area contributed by atoms with E-state index in [0.717, 1.165) is 11.3 Å². The van der Waals surface area contributed by atoms with Crippen LogP contribution in [0.2, 0.25) is 0 Å². The Morgan fingerprint density at radius 2 is 1.98 bits per heavy atom. The summed E-state index contributed by atoms with van der Waals surface area (Å²) >= 11 is 1.06. The SMILES string of the molecule is Nc1nc2c(sc(=O)n2CCN2CCN(c3ccc(O[C@@H]4CNC[C@@H]4F)cc3F)CC2)c2nc(-c3ccco3)nn12. The smallest absolute Gasteiger partial charge is 0.309 e. The Balaban J connectivity index is 1.01. The standard InChI is InChI=1S/C26H27F2N9O3S/c27-16-12-15(40-20-14-30-13-17(20)28)3-4-18(16)35-8-5-34(6-9-35)7-10-36-23-21(41-26(36)38)24-31-22(19-2-1-11-39-19)33-37(24)25(29)32-23/h1-4,11-12,17,20,30H,5-10,13-14H2,(H2,29,32)/t17-,20+/m0/s1. The topological polar surface area (TPSA) is 132 Å².